The van der Waals surface area contributed by atoms with Gasteiger partial charge in [-0.1, -0.05) is 47.5 Å². The van der Waals surface area contributed by atoms with Gasteiger partial charge in [-0.2, -0.15) is 0 Å². The second-order valence-electron chi connectivity index (χ2n) is 6.25. The number of thiophene rings is 1. The second-order valence-corrected chi connectivity index (χ2v) is 8.27. The first-order chi connectivity index (χ1) is 13.0. The lowest BCUT2D eigenvalue weighted by Crippen LogP contribution is -1.90. The number of hydrogen-bond donors (Lipinski definition) is 0. The Kier molecular flexibility index (Phi) is 6.84. The van der Waals surface area contributed by atoms with E-state index in [9.17, 15) is 0 Å². The van der Waals surface area contributed by atoms with Crippen molar-refractivity contribution >= 4 is 47.0 Å². The zero-order valence-electron chi connectivity index (χ0n) is 15.1. The number of halogens is 2. The molecule has 0 unspecified atom stereocenters. The van der Waals surface area contributed by atoms with Crippen LogP contribution in [0, 0.1) is 0 Å². The Morgan fingerprint density at radius 2 is 1.04 bits per heavy atom. The van der Waals surface area contributed by atoms with Gasteiger partial charge in [-0.3, -0.25) is 9.98 Å². The fourth-order valence-corrected chi connectivity index (χ4v) is 3.56. The Morgan fingerprint density at radius 1 is 0.667 bits per heavy atom. The monoisotopic (exact) mass is 414 g/mol. The maximum absolute atomic E-state index is 5.93. The van der Waals surface area contributed by atoms with Crippen molar-refractivity contribution in [1.82, 2.24) is 0 Å². The molecule has 138 valence electrons. The Bertz CT molecular complexity index is 852. The molecule has 0 aliphatic carbocycles. The van der Waals surface area contributed by atoms with Gasteiger partial charge < -0.3 is 0 Å². The topological polar surface area (TPSA) is 24.7 Å². The highest BCUT2D eigenvalue weighted by atomic mass is 35.5. The largest absolute Gasteiger partial charge is 0.284 e. The molecule has 0 saturated carbocycles. The highest BCUT2D eigenvalue weighted by Gasteiger charge is 2.04. The van der Waals surface area contributed by atoms with Crippen LogP contribution in [0.3, 0.4) is 0 Å². The van der Waals surface area contributed by atoms with Crippen LogP contribution in [0.1, 0.15) is 46.8 Å². The van der Waals surface area contributed by atoms with E-state index in [1.807, 2.05) is 61.0 Å². The molecule has 0 aliphatic heterocycles. The van der Waals surface area contributed by atoms with Crippen LogP contribution < -0.4 is 0 Å². The third-order valence-electron chi connectivity index (χ3n) is 4.20. The highest BCUT2D eigenvalue weighted by molar-refractivity contribution is 7.15. The number of nitrogens with zero attached hydrogens (tertiary/aromatic N) is 2. The molecule has 0 radical (unpaired) electrons. The molecule has 0 aliphatic rings. The lowest BCUT2D eigenvalue weighted by Gasteiger charge is -2.06. The first kappa shape index (κ1) is 19.8. The summed E-state index contributed by atoms with van der Waals surface area (Å²) >= 11 is 13.5. The standard InChI is InChI=1S/C22H20Cl2N2S/c1-15(17-3-7-19(23)8-4-17)25-13-21-11-12-22(27-21)14-26-16(2)18-5-9-20(24)10-6-18/h3-16H,1-2H3/t15-,16-/m0/s1. The van der Waals surface area contributed by atoms with Crippen molar-refractivity contribution in [3.63, 3.8) is 0 Å². The van der Waals surface area contributed by atoms with Gasteiger partial charge >= 0.3 is 0 Å². The van der Waals surface area contributed by atoms with Gasteiger partial charge in [-0.15, -0.1) is 11.3 Å². The van der Waals surface area contributed by atoms with E-state index in [1.54, 1.807) is 11.3 Å². The van der Waals surface area contributed by atoms with Crippen molar-refractivity contribution in [2.24, 2.45) is 9.98 Å². The smallest absolute Gasteiger partial charge is 0.0721 e. The van der Waals surface area contributed by atoms with Crippen LogP contribution in [0.25, 0.3) is 0 Å². The van der Waals surface area contributed by atoms with E-state index in [4.69, 9.17) is 23.2 Å². The molecule has 3 rings (SSSR count). The van der Waals surface area contributed by atoms with Gasteiger partial charge in [0.05, 0.1) is 12.1 Å². The predicted octanol–water partition coefficient (Wildman–Crippen LogP) is 7.42. The van der Waals surface area contributed by atoms with Crippen molar-refractivity contribution in [1.29, 1.82) is 0 Å². The lowest BCUT2D eigenvalue weighted by atomic mass is 10.1. The van der Waals surface area contributed by atoms with E-state index in [0.717, 1.165) is 30.9 Å². The second kappa shape index (κ2) is 9.32. The number of benzene rings is 2. The quantitative estimate of drug-likeness (QED) is 0.375. The normalized spacial score (nSPS) is 14.1. The SMILES string of the molecule is C[C@H](N=Cc1ccc(C=N[C@@H](C)c2ccc(Cl)cc2)s1)c1ccc(Cl)cc1. The fourth-order valence-electron chi connectivity index (χ4n) is 2.53. The lowest BCUT2D eigenvalue weighted by molar-refractivity contribution is 0.825. The van der Waals surface area contributed by atoms with Crippen molar-refractivity contribution < 1.29 is 0 Å². The summed E-state index contributed by atoms with van der Waals surface area (Å²) in [6.45, 7) is 4.15. The molecular formula is C22H20Cl2N2S. The molecule has 0 spiro atoms. The molecule has 2 atom stereocenters. The van der Waals surface area contributed by atoms with Gasteiger partial charge in [-0.05, 0) is 61.4 Å². The molecule has 3 aromatic rings. The summed E-state index contributed by atoms with van der Waals surface area (Å²) < 4.78 is 0. The van der Waals surface area contributed by atoms with Crippen LogP contribution in [0.2, 0.25) is 10.0 Å². The summed E-state index contributed by atoms with van der Waals surface area (Å²) in [5, 5.41) is 1.48. The zero-order valence-corrected chi connectivity index (χ0v) is 17.5. The summed E-state index contributed by atoms with van der Waals surface area (Å²) in [6.07, 6.45) is 3.84. The van der Waals surface area contributed by atoms with E-state index in [-0.39, 0.29) is 12.1 Å². The molecule has 0 bridgehead atoms. The highest BCUT2D eigenvalue weighted by Crippen LogP contribution is 2.22. The summed E-state index contributed by atoms with van der Waals surface area (Å²) in [7, 11) is 0. The molecule has 0 amide bonds. The molecular weight excluding hydrogens is 395 g/mol. The number of hydrogen-bond acceptors (Lipinski definition) is 3. The minimum Gasteiger partial charge on any atom is -0.284 e. The summed E-state index contributed by atoms with van der Waals surface area (Å²) in [6, 6.07) is 19.9. The third kappa shape index (κ3) is 5.77. The van der Waals surface area contributed by atoms with Gasteiger partial charge in [0.2, 0.25) is 0 Å². The van der Waals surface area contributed by atoms with E-state index in [2.05, 4.69) is 36.0 Å². The van der Waals surface area contributed by atoms with Crippen LogP contribution >= 0.6 is 34.5 Å². The van der Waals surface area contributed by atoms with Gasteiger partial charge in [0, 0.05) is 32.2 Å². The van der Waals surface area contributed by atoms with Crippen molar-refractivity contribution in [3.8, 4) is 0 Å². The van der Waals surface area contributed by atoms with Crippen molar-refractivity contribution in [2.75, 3.05) is 0 Å². The fraction of sp³-hybridized carbons (Fsp3) is 0.182. The summed E-state index contributed by atoms with van der Waals surface area (Å²) in [4.78, 5) is 11.5. The van der Waals surface area contributed by atoms with Crippen LogP contribution in [0.4, 0.5) is 0 Å². The van der Waals surface area contributed by atoms with Crippen molar-refractivity contribution in [2.45, 2.75) is 25.9 Å². The molecule has 0 saturated heterocycles. The van der Waals surface area contributed by atoms with Gasteiger partial charge in [0.1, 0.15) is 0 Å². The molecule has 2 nitrogen and oxygen atoms in total. The molecule has 1 heterocycles. The summed E-state index contributed by atoms with van der Waals surface area (Å²) in [5.41, 5.74) is 2.29. The van der Waals surface area contributed by atoms with E-state index in [1.165, 1.54) is 0 Å². The molecule has 2 aromatic carbocycles. The molecule has 0 fully saturated rings. The van der Waals surface area contributed by atoms with E-state index < -0.39 is 0 Å². The molecule has 1 aromatic heterocycles. The molecule has 0 N–H and O–H groups in total. The number of rotatable bonds is 6. The summed E-state index contributed by atoms with van der Waals surface area (Å²) in [5.74, 6) is 0. The maximum Gasteiger partial charge on any atom is 0.0721 e. The van der Waals surface area contributed by atoms with Crippen LogP contribution in [-0.2, 0) is 0 Å². The Morgan fingerprint density at radius 3 is 1.41 bits per heavy atom. The third-order valence-corrected chi connectivity index (χ3v) is 5.66. The Balaban J connectivity index is 1.62. The first-order valence-corrected chi connectivity index (χ1v) is 10.3. The van der Waals surface area contributed by atoms with Gasteiger partial charge in [-0.25, -0.2) is 0 Å². The van der Waals surface area contributed by atoms with Gasteiger partial charge in [0.15, 0.2) is 0 Å². The van der Waals surface area contributed by atoms with Crippen LogP contribution in [0.15, 0.2) is 70.6 Å². The van der Waals surface area contributed by atoms with Gasteiger partial charge in [0.25, 0.3) is 0 Å². The maximum atomic E-state index is 5.93. The molecule has 5 heteroatoms. The zero-order chi connectivity index (χ0) is 19.2. The first-order valence-electron chi connectivity index (χ1n) is 8.68. The van der Waals surface area contributed by atoms with E-state index in [0.29, 0.717) is 0 Å². The average molecular weight is 415 g/mol. The predicted molar refractivity (Wildman–Crippen MR) is 119 cm³/mol. The van der Waals surface area contributed by atoms with Crippen LogP contribution in [0.5, 0.6) is 0 Å². The Labute approximate surface area is 174 Å². The Hall–Kier alpha value is -1.94. The minimum atomic E-state index is 0.0893. The van der Waals surface area contributed by atoms with Crippen LogP contribution in [-0.4, -0.2) is 12.4 Å². The average Bonchev–Trinajstić information content (AvgIpc) is 3.13. The minimum absolute atomic E-state index is 0.0893. The number of aliphatic imine (C=N–C) groups is 2. The van der Waals surface area contributed by atoms with Crippen molar-refractivity contribution in [3.05, 3.63) is 91.6 Å². The molecule has 27 heavy (non-hydrogen) atoms. The van der Waals surface area contributed by atoms with E-state index >= 15 is 0 Å².